The third-order valence-electron chi connectivity index (χ3n) is 2.95. The molecule has 0 spiro atoms. The van der Waals surface area contributed by atoms with Crippen molar-refractivity contribution >= 4 is 11.7 Å². The minimum Gasteiger partial charge on any atom is -0.461 e. The van der Waals surface area contributed by atoms with E-state index in [0.29, 0.717) is 0 Å². The van der Waals surface area contributed by atoms with Gasteiger partial charge in [0, 0.05) is 12.1 Å². The number of esters is 1. The molecule has 2 atom stereocenters. The SMILES string of the molecule is CCC(C)OC(=O)C1Cc2ccccc2N1. The van der Waals surface area contributed by atoms with Gasteiger partial charge in [-0.15, -0.1) is 0 Å². The number of nitrogens with one attached hydrogen (secondary N) is 1. The van der Waals surface area contributed by atoms with Gasteiger partial charge in [0.1, 0.15) is 6.04 Å². The molecule has 3 heteroatoms. The second-order valence-corrected chi connectivity index (χ2v) is 4.21. The number of ether oxygens (including phenoxy) is 1. The Balaban J connectivity index is 1.98. The Kier molecular flexibility index (Phi) is 3.13. The summed E-state index contributed by atoms with van der Waals surface area (Å²) in [6, 6.07) is 7.77. The number of hydrogen-bond donors (Lipinski definition) is 1. The molecule has 86 valence electrons. The van der Waals surface area contributed by atoms with Gasteiger partial charge in [-0.25, -0.2) is 4.79 Å². The van der Waals surface area contributed by atoms with Gasteiger partial charge < -0.3 is 10.1 Å². The van der Waals surface area contributed by atoms with Crippen LogP contribution in [0.25, 0.3) is 0 Å². The number of anilines is 1. The highest BCUT2D eigenvalue weighted by molar-refractivity contribution is 5.82. The Morgan fingerprint density at radius 1 is 1.56 bits per heavy atom. The molecule has 0 fully saturated rings. The molecule has 0 amide bonds. The molecule has 0 saturated carbocycles. The van der Waals surface area contributed by atoms with Gasteiger partial charge in [-0.2, -0.15) is 0 Å². The summed E-state index contributed by atoms with van der Waals surface area (Å²) in [5.74, 6) is -0.148. The lowest BCUT2D eigenvalue weighted by molar-refractivity contribution is -0.149. The van der Waals surface area contributed by atoms with Crippen molar-refractivity contribution in [3.05, 3.63) is 29.8 Å². The summed E-state index contributed by atoms with van der Waals surface area (Å²) < 4.78 is 5.31. The molecule has 3 nitrogen and oxygen atoms in total. The lowest BCUT2D eigenvalue weighted by Gasteiger charge is -2.15. The summed E-state index contributed by atoms with van der Waals surface area (Å²) in [7, 11) is 0. The van der Waals surface area contributed by atoms with Crippen LogP contribution < -0.4 is 5.32 Å². The van der Waals surface area contributed by atoms with Crippen LogP contribution in [0.2, 0.25) is 0 Å². The van der Waals surface area contributed by atoms with Crippen molar-refractivity contribution in [2.75, 3.05) is 5.32 Å². The third-order valence-corrected chi connectivity index (χ3v) is 2.95. The van der Waals surface area contributed by atoms with Crippen LogP contribution in [0.5, 0.6) is 0 Å². The van der Waals surface area contributed by atoms with Crippen LogP contribution in [0.3, 0.4) is 0 Å². The normalized spacial score (nSPS) is 19.8. The fourth-order valence-corrected chi connectivity index (χ4v) is 1.80. The quantitative estimate of drug-likeness (QED) is 0.793. The minimum absolute atomic E-state index is 0.00184. The Morgan fingerprint density at radius 3 is 3.00 bits per heavy atom. The summed E-state index contributed by atoms with van der Waals surface area (Å²) in [6.45, 7) is 3.93. The highest BCUT2D eigenvalue weighted by Crippen LogP contribution is 2.25. The van der Waals surface area contributed by atoms with Gasteiger partial charge in [-0.3, -0.25) is 0 Å². The second-order valence-electron chi connectivity index (χ2n) is 4.21. The number of hydrogen-bond acceptors (Lipinski definition) is 3. The summed E-state index contributed by atoms with van der Waals surface area (Å²) >= 11 is 0. The van der Waals surface area contributed by atoms with Crippen LogP contribution in [0, 0.1) is 0 Å². The maximum Gasteiger partial charge on any atom is 0.329 e. The Hall–Kier alpha value is -1.51. The van der Waals surface area contributed by atoms with E-state index in [1.54, 1.807) is 0 Å². The molecule has 16 heavy (non-hydrogen) atoms. The molecule has 2 rings (SSSR count). The second kappa shape index (κ2) is 4.56. The largest absolute Gasteiger partial charge is 0.461 e. The topological polar surface area (TPSA) is 38.3 Å². The molecule has 0 aliphatic carbocycles. The van der Waals surface area contributed by atoms with Gasteiger partial charge in [0.15, 0.2) is 0 Å². The molecule has 0 aromatic heterocycles. The molecule has 1 N–H and O–H groups in total. The van der Waals surface area contributed by atoms with Crippen LogP contribution in [0.1, 0.15) is 25.8 Å². The maximum atomic E-state index is 11.8. The predicted molar refractivity (Wildman–Crippen MR) is 63.4 cm³/mol. The molecule has 0 saturated heterocycles. The number of rotatable bonds is 3. The molecule has 2 unspecified atom stereocenters. The first-order valence-corrected chi connectivity index (χ1v) is 5.75. The van der Waals surface area contributed by atoms with E-state index < -0.39 is 0 Å². The van der Waals surface area contributed by atoms with Crippen LogP contribution in [0.4, 0.5) is 5.69 Å². The van der Waals surface area contributed by atoms with E-state index in [1.165, 1.54) is 5.56 Å². The van der Waals surface area contributed by atoms with E-state index >= 15 is 0 Å². The van der Waals surface area contributed by atoms with Crippen molar-refractivity contribution in [2.45, 2.75) is 38.8 Å². The summed E-state index contributed by atoms with van der Waals surface area (Å²) in [6.07, 6.45) is 1.58. The number of para-hydroxylation sites is 1. The average Bonchev–Trinajstić information content (AvgIpc) is 2.72. The molecule has 0 radical (unpaired) electrons. The standard InChI is InChI=1S/C13H17NO2/c1-3-9(2)16-13(15)12-8-10-6-4-5-7-11(10)14-12/h4-7,9,12,14H,3,8H2,1-2H3. The van der Waals surface area contributed by atoms with E-state index in [4.69, 9.17) is 4.74 Å². The van der Waals surface area contributed by atoms with Gasteiger partial charge in [0.25, 0.3) is 0 Å². The first-order valence-electron chi connectivity index (χ1n) is 5.75. The summed E-state index contributed by atoms with van der Waals surface area (Å²) in [5, 5.41) is 3.19. The van der Waals surface area contributed by atoms with E-state index in [1.807, 2.05) is 38.1 Å². The predicted octanol–water partition coefficient (Wildman–Crippen LogP) is 2.36. The Bertz CT molecular complexity index is 364. The monoisotopic (exact) mass is 219 g/mol. The smallest absolute Gasteiger partial charge is 0.329 e. The van der Waals surface area contributed by atoms with Crippen LogP contribution >= 0.6 is 0 Å². The van der Waals surface area contributed by atoms with Crippen LogP contribution in [-0.4, -0.2) is 18.1 Å². The molecule has 1 aliphatic rings. The van der Waals surface area contributed by atoms with Crippen molar-refractivity contribution in [3.8, 4) is 0 Å². The van der Waals surface area contributed by atoms with Gasteiger partial charge in [0.05, 0.1) is 6.10 Å². The molecule has 1 aliphatic heterocycles. The van der Waals surface area contributed by atoms with E-state index in [0.717, 1.165) is 18.5 Å². The van der Waals surface area contributed by atoms with Crippen LogP contribution in [0.15, 0.2) is 24.3 Å². The highest BCUT2D eigenvalue weighted by atomic mass is 16.5. The van der Waals surface area contributed by atoms with Crippen LogP contribution in [-0.2, 0) is 16.0 Å². The first-order chi connectivity index (χ1) is 7.70. The first kappa shape index (κ1) is 11.0. The Morgan fingerprint density at radius 2 is 2.31 bits per heavy atom. The van der Waals surface area contributed by atoms with Gasteiger partial charge in [-0.05, 0) is 25.0 Å². The summed E-state index contributed by atoms with van der Waals surface area (Å²) in [5.41, 5.74) is 2.24. The maximum absolute atomic E-state index is 11.8. The van der Waals surface area contributed by atoms with Crippen molar-refractivity contribution in [2.24, 2.45) is 0 Å². The van der Waals surface area contributed by atoms with Gasteiger partial charge in [0.2, 0.25) is 0 Å². The Labute approximate surface area is 95.8 Å². The molecule has 0 bridgehead atoms. The zero-order chi connectivity index (χ0) is 11.5. The average molecular weight is 219 g/mol. The zero-order valence-electron chi connectivity index (χ0n) is 9.69. The highest BCUT2D eigenvalue weighted by Gasteiger charge is 2.28. The van der Waals surface area contributed by atoms with Crippen molar-refractivity contribution in [3.63, 3.8) is 0 Å². The lowest BCUT2D eigenvalue weighted by Crippen LogP contribution is -2.31. The van der Waals surface area contributed by atoms with E-state index in [2.05, 4.69) is 5.32 Å². The van der Waals surface area contributed by atoms with Crippen molar-refractivity contribution in [1.29, 1.82) is 0 Å². The van der Waals surface area contributed by atoms with E-state index in [-0.39, 0.29) is 18.1 Å². The number of carbonyl (C=O) groups is 1. The van der Waals surface area contributed by atoms with Crippen molar-refractivity contribution in [1.82, 2.24) is 0 Å². The molecule has 1 heterocycles. The number of benzene rings is 1. The van der Waals surface area contributed by atoms with Gasteiger partial charge in [-0.1, -0.05) is 25.1 Å². The molecular formula is C13H17NO2. The molecule has 1 aromatic rings. The molecular weight excluding hydrogens is 202 g/mol. The number of fused-ring (bicyclic) bond motifs is 1. The lowest BCUT2D eigenvalue weighted by atomic mass is 10.1. The van der Waals surface area contributed by atoms with E-state index in [9.17, 15) is 4.79 Å². The molecule has 1 aromatic carbocycles. The third kappa shape index (κ3) is 2.18. The fourth-order valence-electron chi connectivity index (χ4n) is 1.80. The minimum atomic E-state index is -0.216. The zero-order valence-corrected chi connectivity index (χ0v) is 9.69. The summed E-state index contributed by atoms with van der Waals surface area (Å²) in [4.78, 5) is 11.8. The van der Waals surface area contributed by atoms with Gasteiger partial charge >= 0.3 is 5.97 Å². The number of carbonyl (C=O) groups excluding carboxylic acids is 1. The van der Waals surface area contributed by atoms with Crippen molar-refractivity contribution < 1.29 is 9.53 Å². The fraction of sp³-hybridized carbons (Fsp3) is 0.462.